The second-order valence-electron chi connectivity index (χ2n) is 10.5. The number of carbonyl (C=O) groups is 3. The average molecular weight is 487 g/mol. The van der Waals surface area contributed by atoms with Crippen molar-refractivity contribution in [3.05, 3.63) is 29.8 Å². The number of likely N-dealkylation sites (tertiary alicyclic amines) is 1. The van der Waals surface area contributed by atoms with Crippen LogP contribution < -0.4 is 15.8 Å². The normalized spacial score (nSPS) is 24.3. The van der Waals surface area contributed by atoms with Crippen molar-refractivity contribution in [3.8, 4) is 5.75 Å². The lowest BCUT2D eigenvalue weighted by atomic mass is 9.81. The Morgan fingerprint density at radius 1 is 1.14 bits per heavy atom. The molecule has 8 nitrogen and oxygen atoms in total. The molecule has 3 rings (SSSR count). The van der Waals surface area contributed by atoms with E-state index in [-0.39, 0.29) is 29.7 Å². The highest BCUT2D eigenvalue weighted by Gasteiger charge is 2.42. The van der Waals surface area contributed by atoms with Crippen LogP contribution >= 0.6 is 0 Å². The van der Waals surface area contributed by atoms with E-state index in [2.05, 4.69) is 19.2 Å². The van der Waals surface area contributed by atoms with Gasteiger partial charge in [-0.25, -0.2) is 0 Å². The summed E-state index contributed by atoms with van der Waals surface area (Å²) in [6.07, 6.45) is 4.89. The molecule has 1 aliphatic carbocycles. The predicted octanol–water partition coefficient (Wildman–Crippen LogP) is 2.66. The quantitative estimate of drug-likeness (QED) is 0.558. The minimum Gasteiger partial charge on any atom is -0.497 e. The number of benzene rings is 1. The highest BCUT2D eigenvalue weighted by atomic mass is 16.5. The second kappa shape index (κ2) is 12.4. The molecule has 1 saturated heterocycles. The molecule has 194 valence electrons. The molecule has 1 saturated carbocycles. The van der Waals surface area contributed by atoms with Gasteiger partial charge in [0, 0.05) is 32.1 Å². The first-order valence-corrected chi connectivity index (χ1v) is 12.9. The molecule has 35 heavy (non-hydrogen) atoms. The molecule has 0 bridgehead atoms. The molecule has 0 aromatic heterocycles. The first kappa shape index (κ1) is 27.0. The monoisotopic (exact) mass is 486 g/mol. The van der Waals surface area contributed by atoms with Gasteiger partial charge in [0.25, 0.3) is 5.91 Å². The van der Waals surface area contributed by atoms with Gasteiger partial charge in [-0.2, -0.15) is 0 Å². The number of nitrogens with zero attached hydrogens (tertiary/aromatic N) is 2. The van der Waals surface area contributed by atoms with Gasteiger partial charge in [-0.1, -0.05) is 20.3 Å². The summed E-state index contributed by atoms with van der Waals surface area (Å²) < 4.78 is 5.21. The summed E-state index contributed by atoms with van der Waals surface area (Å²) in [4.78, 5) is 42.6. The zero-order chi connectivity index (χ0) is 25.5. The van der Waals surface area contributed by atoms with Crippen LogP contribution in [0.2, 0.25) is 0 Å². The first-order chi connectivity index (χ1) is 16.7. The van der Waals surface area contributed by atoms with Crippen molar-refractivity contribution in [2.45, 2.75) is 65.0 Å². The van der Waals surface area contributed by atoms with Gasteiger partial charge < -0.3 is 25.6 Å². The minimum atomic E-state index is -0.565. The van der Waals surface area contributed by atoms with E-state index < -0.39 is 6.04 Å². The molecule has 1 heterocycles. The van der Waals surface area contributed by atoms with E-state index in [1.165, 1.54) is 6.92 Å². The topological polar surface area (TPSA) is 105 Å². The molecule has 1 aliphatic heterocycles. The average Bonchev–Trinajstić information content (AvgIpc) is 3.31. The maximum absolute atomic E-state index is 13.5. The van der Waals surface area contributed by atoms with Gasteiger partial charge in [-0.15, -0.1) is 0 Å². The third-order valence-corrected chi connectivity index (χ3v) is 7.38. The first-order valence-electron chi connectivity index (χ1n) is 12.9. The van der Waals surface area contributed by atoms with Crippen LogP contribution in [0.5, 0.6) is 5.75 Å². The van der Waals surface area contributed by atoms with Crippen LogP contribution in [0.4, 0.5) is 0 Å². The van der Waals surface area contributed by atoms with E-state index in [9.17, 15) is 14.4 Å². The van der Waals surface area contributed by atoms with Crippen LogP contribution in [-0.4, -0.2) is 72.9 Å². The van der Waals surface area contributed by atoms with Crippen molar-refractivity contribution in [3.63, 3.8) is 0 Å². The molecule has 2 fully saturated rings. The van der Waals surface area contributed by atoms with E-state index in [4.69, 9.17) is 10.5 Å². The van der Waals surface area contributed by atoms with Gasteiger partial charge in [0.05, 0.1) is 13.2 Å². The summed E-state index contributed by atoms with van der Waals surface area (Å²) in [6, 6.07) is 6.28. The number of methoxy groups -OCH3 is 1. The van der Waals surface area contributed by atoms with Crippen LogP contribution in [0.25, 0.3) is 0 Å². The largest absolute Gasteiger partial charge is 0.497 e. The lowest BCUT2D eigenvalue weighted by molar-refractivity contribution is -0.137. The van der Waals surface area contributed by atoms with Crippen molar-refractivity contribution in [1.29, 1.82) is 0 Å². The van der Waals surface area contributed by atoms with Crippen LogP contribution in [0.1, 0.15) is 63.2 Å². The fourth-order valence-corrected chi connectivity index (χ4v) is 5.49. The molecule has 3 amide bonds. The molecular weight excluding hydrogens is 444 g/mol. The number of hydrogen-bond acceptors (Lipinski definition) is 5. The van der Waals surface area contributed by atoms with Gasteiger partial charge in [-0.05, 0) is 74.2 Å². The summed E-state index contributed by atoms with van der Waals surface area (Å²) >= 11 is 0. The number of amides is 3. The van der Waals surface area contributed by atoms with Crippen LogP contribution in [-0.2, 0) is 9.59 Å². The van der Waals surface area contributed by atoms with E-state index in [1.807, 2.05) is 4.90 Å². The molecule has 1 aromatic rings. The Morgan fingerprint density at radius 3 is 2.43 bits per heavy atom. The maximum atomic E-state index is 13.5. The van der Waals surface area contributed by atoms with Crippen molar-refractivity contribution < 1.29 is 19.1 Å². The van der Waals surface area contributed by atoms with Gasteiger partial charge in [0.15, 0.2) is 0 Å². The highest BCUT2D eigenvalue weighted by molar-refractivity contribution is 5.95. The Balaban J connectivity index is 1.70. The number of hydrogen-bond donors (Lipinski definition) is 2. The van der Waals surface area contributed by atoms with Crippen LogP contribution in [0.15, 0.2) is 24.3 Å². The zero-order valence-electron chi connectivity index (χ0n) is 21.7. The summed E-state index contributed by atoms with van der Waals surface area (Å²) in [5.41, 5.74) is 6.43. The summed E-state index contributed by atoms with van der Waals surface area (Å²) in [5, 5.41) is 3.11. The minimum absolute atomic E-state index is 0.0917. The molecule has 2 aliphatic rings. The number of nitrogens with two attached hydrogens (primary N) is 1. The number of nitrogens with one attached hydrogen (secondary N) is 1. The molecule has 4 unspecified atom stereocenters. The van der Waals surface area contributed by atoms with Gasteiger partial charge in [0.2, 0.25) is 11.8 Å². The molecule has 4 atom stereocenters. The van der Waals surface area contributed by atoms with Gasteiger partial charge in [-0.3, -0.25) is 14.4 Å². The molecular formula is C27H42N4O4. The van der Waals surface area contributed by atoms with Gasteiger partial charge >= 0.3 is 0 Å². The Labute approximate surface area is 209 Å². The van der Waals surface area contributed by atoms with E-state index in [1.54, 1.807) is 36.3 Å². The SMILES string of the molecule is COc1ccc(C(=O)N(CC(C)C)C2CC(C(=O)NCC3CCCC(CN)C3)N(C(C)=O)C2)cc1. The van der Waals surface area contributed by atoms with E-state index >= 15 is 0 Å². The Morgan fingerprint density at radius 2 is 1.83 bits per heavy atom. The second-order valence-corrected chi connectivity index (χ2v) is 10.5. The Bertz CT molecular complexity index is 872. The zero-order valence-corrected chi connectivity index (χ0v) is 21.7. The highest BCUT2D eigenvalue weighted by Crippen LogP contribution is 2.29. The molecule has 1 aromatic carbocycles. The lowest BCUT2D eigenvalue weighted by Crippen LogP contribution is -2.46. The smallest absolute Gasteiger partial charge is 0.254 e. The van der Waals surface area contributed by atoms with Crippen molar-refractivity contribution in [2.75, 3.05) is 33.3 Å². The predicted molar refractivity (Wildman–Crippen MR) is 136 cm³/mol. The lowest BCUT2D eigenvalue weighted by Gasteiger charge is -2.30. The summed E-state index contributed by atoms with van der Waals surface area (Å²) in [6.45, 7) is 7.85. The van der Waals surface area contributed by atoms with Crippen molar-refractivity contribution in [1.82, 2.24) is 15.1 Å². The van der Waals surface area contributed by atoms with Crippen molar-refractivity contribution >= 4 is 17.7 Å². The Kier molecular flexibility index (Phi) is 9.55. The fourth-order valence-electron chi connectivity index (χ4n) is 5.49. The Hall–Kier alpha value is -2.61. The fraction of sp³-hybridized carbons (Fsp3) is 0.667. The number of rotatable bonds is 9. The molecule has 0 spiro atoms. The molecule has 8 heteroatoms. The molecule has 3 N–H and O–H groups in total. The van der Waals surface area contributed by atoms with Crippen molar-refractivity contribution in [2.24, 2.45) is 23.5 Å². The number of carbonyl (C=O) groups excluding carboxylic acids is 3. The summed E-state index contributed by atoms with van der Waals surface area (Å²) in [5.74, 6) is 1.53. The number of ether oxygens (including phenoxy) is 1. The van der Waals surface area contributed by atoms with Crippen LogP contribution in [0, 0.1) is 17.8 Å². The van der Waals surface area contributed by atoms with E-state index in [0.717, 1.165) is 25.7 Å². The van der Waals surface area contributed by atoms with E-state index in [0.29, 0.717) is 55.7 Å². The van der Waals surface area contributed by atoms with Gasteiger partial charge in [0.1, 0.15) is 11.8 Å². The third-order valence-electron chi connectivity index (χ3n) is 7.38. The summed E-state index contributed by atoms with van der Waals surface area (Å²) in [7, 11) is 1.59. The standard InChI is InChI=1S/C27H42N4O4/c1-18(2)16-31(27(34)22-8-10-24(35-4)11-9-22)23-13-25(30(17-23)19(3)32)26(33)29-15-21-7-5-6-20(12-21)14-28/h8-11,18,20-21,23,25H,5-7,12-17,28H2,1-4H3,(H,29,33). The maximum Gasteiger partial charge on any atom is 0.254 e. The van der Waals surface area contributed by atoms with Crippen LogP contribution in [0.3, 0.4) is 0 Å². The molecule has 0 radical (unpaired) electrons. The third kappa shape index (κ3) is 6.97.